The van der Waals surface area contributed by atoms with E-state index in [1.807, 2.05) is 56.3 Å². The number of anilines is 1. The third-order valence-corrected chi connectivity index (χ3v) is 8.38. The van der Waals surface area contributed by atoms with Gasteiger partial charge in [0.25, 0.3) is 0 Å². The van der Waals surface area contributed by atoms with E-state index in [-0.39, 0.29) is 5.91 Å². The van der Waals surface area contributed by atoms with Gasteiger partial charge < -0.3 is 10.1 Å². The number of thioether (sulfide) groups is 1. The minimum absolute atomic E-state index is 0.0238. The summed E-state index contributed by atoms with van der Waals surface area (Å²) in [5.74, 6) is 1.76. The summed E-state index contributed by atoms with van der Waals surface area (Å²) >= 11 is 3.28. The van der Waals surface area contributed by atoms with Crippen LogP contribution < -0.4 is 10.1 Å². The molecule has 34 heavy (non-hydrogen) atoms. The molecule has 2 heterocycles. The number of aryl methyl sites for hydroxylation is 4. The Hall–Kier alpha value is -2.90. The van der Waals surface area contributed by atoms with Crippen LogP contribution in [0.5, 0.6) is 5.75 Å². The molecule has 0 bridgehead atoms. The molecule has 0 unspecified atom stereocenters. The number of carbonyl (C=O) groups excluding carboxylic acids is 1. The van der Waals surface area contributed by atoms with Crippen molar-refractivity contribution < 1.29 is 9.53 Å². The predicted octanol–water partition coefficient (Wildman–Crippen LogP) is 6.59. The monoisotopic (exact) mass is 489 g/mol. The molecule has 7 heteroatoms. The third-order valence-electron chi connectivity index (χ3n) is 6.22. The molecular formula is C27H27N3O2S2. The quantitative estimate of drug-likeness (QED) is 0.244. The molecule has 0 spiro atoms. The van der Waals surface area contributed by atoms with Crippen molar-refractivity contribution in [3.05, 3.63) is 64.0 Å². The van der Waals surface area contributed by atoms with Crippen molar-refractivity contribution in [3.63, 3.8) is 0 Å². The van der Waals surface area contributed by atoms with E-state index in [2.05, 4.69) is 5.32 Å². The molecule has 5 rings (SSSR count). The van der Waals surface area contributed by atoms with Crippen molar-refractivity contribution in [1.29, 1.82) is 0 Å². The maximum atomic E-state index is 12.9. The van der Waals surface area contributed by atoms with Gasteiger partial charge in [-0.3, -0.25) is 4.79 Å². The van der Waals surface area contributed by atoms with E-state index in [9.17, 15) is 4.79 Å². The van der Waals surface area contributed by atoms with Crippen LogP contribution in [0.1, 0.15) is 34.4 Å². The summed E-state index contributed by atoms with van der Waals surface area (Å²) in [7, 11) is 1.66. The molecule has 0 saturated heterocycles. The van der Waals surface area contributed by atoms with Crippen LogP contribution in [-0.2, 0) is 17.6 Å². The highest BCUT2D eigenvalue weighted by atomic mass is 32.2. The van der Waals surface area contributed by atoms with Gasteiger partial charge in [0.05, 0.1) is 12.9 Å². The second-order valence-electron chi connectivity index (χ2n) is 8.58. The molecule has 0 radical (unpaired) electrons. The Morgan fingerprint density at radius 2 is 1.79 bits per heavy atom. The van der Waals surface area contributed by atoms with Crippen molar-refractivity contribution in [2.45, 2.75) is 44.6 Å². The number of carbonyl (C=O) groups is 1. The minimum Gasteiger partial charge on any atom is -0.497 e. The summed E-state index contributed by atoms with van der Waals surface area (Å²) in [5, 5.41) is 5.13. The highest BCUT2D eigenvalue weighted by molar-refractivity contribution is 8.00. The molecule has 1 aliphatic rings. The van der Waals surface area contributed by atoms with Crippen molar-refractivity contribution >= 4 is 44.9 Å². The Bertz CT molecular complexity index is 1340. The van der Waals surface area contributed by atoms with E-state index in [4.69, 9.17) is 14.7 Å². The fourth-order valence-electron chi connectivity index (χ4n) is 4.42. The van der Waals surface area contributed by atoms with Crippen LogP contribution in [0.25, 0.3) is 21.6 Å². The van der Waals surface area contributed by atoms with Crippen molar-refractivity contribution in [2.75, 3.05) is 18.2 Å². The number of thiophene rings is 1. The number of aromatic nitrogens is 2. The summed E-state index contributed by atoms with van der Waals surface area (Å²) in [6.45, 7) is 4.03. The standard InChI is InChI=1S/C27H27N3O2S2/c1-16-7-6-8-17(2)24(16)28-22(31)15-33-26-23-20-9-4-5-10-21(20)34-27(23)30-25(29-26)18-11-13-19(32-3)14-12-18/h6-8,11-14H,4-5,9-10,15H2,1-3H3,(H,28,31). The van der Waals surface area contributed by atoms with Crippen LogP contribution in [0.2, 0.25) is 0 Å². The average Bonchev–Trinajstić information content (AvgIpc) is 3.23. The number of hydrogen-bond acceptors (Lipinski definition) is 6. The second-order valence-corrected chi connectivity index (χ2v) is 10.6. The lowest BCUT2D eigenvalue weighted by atomic mass is 9.97. The number of amides is 1. The van der Waals surface area contributed by atoms with Gasteiger partial charge in [0.15, 0.2) is 5.82 Å². The molecule has 0 aliphatic heterocycles. The van der Waals surface area contributed by atoms with E-state index in [1.54, 1.807) is 18.4 Å². The molecule has 1 N–H and O–H groups in total. The summed E-state index contributed by atoms with van der Waals surface area (Å²) in [6, 6.07) is 13.9. The number of nitrogens with zero attached hydrogens (tertiary/aromatic N) is 2. The Morgan fingerprint density at radius 1 is 1.06 bits per heavy atom. The van der Waals surface area contributed by atoms with Gasteiger partial charge in [-0.15, -0.1) is 11.3 Å². The molecule has 0 fully saturated rings. The van der Waals surface area contributed by atoms with Crippen LogP contribution in [0.3, 0.4) is 0 Å². The number of methoxy groups -OCH3 is 1. The Balaban J connectivity index is 1.47. The molecule has 1 aliphatic carbocycles. The highest BCUT2D eigenvalue weighted by Gasteiger charge is 2.22. The zero-order valence-corrected chi connectivity index (χ0v) is 21.2. The number of fused-ring (bicyclic) bond motifs is 3. The molecular weight excluding hydrogens is 462 g/mol. The number of ether oxygens (including phenoxy) is 1. The van der Waals surface area contributed by atoms with Crippen LogP contribution in [0.15, 0.2) is 47.5 Å². The fourth-order valence-corrected chi connectivity index (χ4v) is 6.60. The van der Waals surface area contributed by atoms with Crippen molar-refractivity contribution in [2.24, 2.45) is 0 Å². The Morgan fingerprint density at radius 3 is 2.53 bits per heavy atom. The van der Waals surface area contributed by atoms with Crippen LogP contribution in [-0.4, -0.2) is 28.7 Å². The lowest BCUT2D eigenvalue weighted by molar-refractivity contribution is -0.113. The van der Waals surface area contributed by atoms with Gasteiger partial charge in [-0.25, -0.2) is 9.97 Å². The van der Waals surface area contributed by atoms with Gasteiger partial charge in [0.1, 0.15) is 15.6 Å². The number of benzene rings is 2. The van der Waals surface area contributed by atoms with Crippen LogP contribution in [0, 0.1) is 13.8 Å². The van der Waals surface area contributed by atoms with E-state index in [0.29, 0.717) is 11.6 Å². The Kier molecular flexibility index (Phi) is 6.57. The summed E-state index contributed by atoms with van der Waals surface area (Å²) < 4.78 is 5.30. The molecule has 0 saturated carbocycles. The minimum atomic E-state index is -0.0238. The lowest BCUT2D eigenvalue weighted by Crippen LogP contribution is -2.16. The molecule has 0 atom stereocenters. The van der Waals surface area contributed by atoms with Gasteiger partial charge in [0, 0.05) is 21.5 Å². The van der Waals surface area contributed by atoms with E-state index >= 15 is 0 Å². The Labute approximate surface area is 208 Å². The first-order chi connectivity index (χ1) is 16.5. The summed E-state index contributed by atoms with van der Waals surface area (Å²) in [4.78, 5) is 25.2. The largest absolute Gasteiger partial charge is 0.497 e. The topological polar surface area (TPSA) is 64.1 Å². The first kappa shape index (κ1) is 22.9. The zero-order chi connectivity index (χ0) is 23.7. The number of hydrogen-bond donors (Lipinski definition) is 1. The van der Waals surface area contributed by atoms with Gasteiger partial charge in [-0.05, 0) is 80.5 Å². The highest BCUT2D eigenvalue weighted by Crippen LogP contribution is 2.40. The lowest BCUT2D eigenvalue weighted by Gasteiger charge is -2.13. The number of nitrogens with one attached hydrogen (secondary N) is 1. The third kappa shape index (κ3) is 4.55. The van der Waals surface area contributed by atoms with Crippen LogP contribution in [0.4, 0.5) is 5.69 Å². The smallest absolute Gasteiger partial charge is 0.234 e. The first-order valence-electron chi connectivity index (χ1n) is 11.5. The molecule has 174 valence electrons. The zero-order valence-electron chi connectivity index (χ0n) is 19.6. The SMILES string of the molecule is COc1ccc(-c2nc(SCC(=O)Nc3c(C)cccc3C)c3c4c(sc3n2)CCCC4)cc1. The number of rotatable bonds is 6. The summed E-state index contributed by atoms with van der Waals surface area (Å²) in [6.07, 6.45) is 4.57. The molecule has 5 nitrogen and oxygen atoms in total. The summed E-state index contributed by atoms with van der Waals surface area (Å²) in [5.41, 5.74) is 5.35. The molecule has 4 aromatic rings. The average molecular weight is 490 g/mol. The maximum absolute atomic E-state index is 12.9. The normalized spacial score (nSPS) is 13.0. The molecule has 2 aromatic heterocycles. The van der Waals surface area contributed by atoms with Gasteiger partial charge in [0.2, 0.25) is 5.91 Å². The number of para-hydroxylation sites is 1. The maximum Gasteiger partial charge on any atom is 0.234 e. The van der Waals surface area contributed by atoms with E-state index < -0.39 is 0 Å². The molecule has 1 amide bonds. The van der Waals surface area contributed by atoms with Gasteiger partial charge >= 0.3 is 0 Å². The van der Waals surface area contributed by atoms with Crippen LogP contribution >= 0.6 is 23.1 Å². The fraction of sp³-hybridized carbons (Fsp3) is 0.296. The predicted molar refractivity (Wildman–Crippen MR) is 141 cm³/mol. The van der Waals surface area contributed by atoms with Crippen molar-refractivity contribution in [1.82, 2.24) is 9.97 Å². The van der Waals surface area contributed by atoms with E-state index in [0.717, 1.165) is 56.2 Å². The molecule has 2 aromatic carbocycles. The van der Waals surface area contributed by atoms with Crippen molar-refractivity contribution in [3.8, 4) is 17.1 Å². The van der Waals surface area contributed by atoms with E-state index in [1.165, 1.54) is 35.0 Å². The first-order valence-corrected chi connectivity index (χ1v) is 13.3. The second kappa shape index (κ2) is 9.76. The van der Waals surface area contributed by atoms with Gasteiger partial charge in [-0.2, -0.15) is 0 Å². The van der Waals surface area contributed by atoms with Gasteiger partial charge in [-0.1, -0.05) is 30.0 Å².